The molecule has 9 nitrogen and oxygen atoms in total. The number of aliphatic hydroxyl groups is 2. The van der Waals surface area contributed by atoms with E-state index in [0.29, 0.717) is 16.3 Å². The third-order valence-electron chi connectivity index (χ3n) is 3.99. The number of methoxy groups -OCH3 is 1. The Morgan fingerprint density at radius 2 is 2.04 bits per heavy atom. The van der Waals surface area contributed by atoms with Crippen LogP contribution < -0.4 is 15.0 Å². The molecule has 0 unspecified atom stereocenters. The number of hydrogen-bond acceptors (Lipinski definition) is 7. The lowest BCUT2D eigenvalue weighted by molar-refractivity contribution is -0.384. The first-order chi connectivity index (χ1) is 13.4. The van der Waals surface area contributed by atoms with Crippen molar-refractivity contribution in [1.82, 2.24) is 5.32 Å². The number of nitro groups is 1. The summed E-state index contributed by atoms with van der Waals surface area (Å²) in [5, 5.41) is 32.8. The number of aliphatic hydroxyl groups excluding tert-OH is 2. The predicted octanol–water partition coefficient (Wildman–Crippen LogP) is 1.94. The molecule has 0 aliphatic carbocycles. The van der Waals surface area contributed by atoms with E-state index in [1.807, 2.05) is 0 Å². The average Bonchev–Trinajstić information content (AvgIpc) is 2.69. The second kappa shape index (κ2) is 9.88. The fraction of sp³-hybridized carbons (Fsp3) is 0.278. The first-order valence-electron chi connectivity index (χ1n) is 8.27. The summed E-state index contributed by atoms with van der Waals surface area (Å²) in [5.41, 5.74) is 0.729. The summed E-state index contributed by atoms with van der Waals surface area (Å²) in [7, 11) is 1.49. The van der Waals surface area contributed by atoms with E-state index in [1.165, 1.54) is 24.1 Å². The number of nitrogens with zero attached hydrogens (tertiary/aromatic N) is 2. The molecule has 3 N–H and O–H groups in total. The number of ether oxygens (including phenoxy) is 1. The second-order valence-electron chi connectivity index (χ2n) is 5.74. The van der Waals surface area contributed by atoms with Gasteiger partial charge in [0.2, 0.25) is 0 Å². The normalized spacial score (nSPS) is 10.4. The fourth-order valence-electron chi connectivity index (χ4n) is 2.58. The standard InChI is InChI=1S/C18H20ClN3O6/c1-28-17-5-2-12(8-15(17)19)10-20-18(25)14-9-13(22(26)27)3-4-16(14)21(11-24)6-7-23/h2-5,8-9,23-24H,6-7,10-11H2,1H3,(H,20,25). The van der Waals surface area contributed by atoms with Crippen LogP contribution in [0.1, 0.15) is 15.9 Å². The lowest BCUT2D eigenvalue weighted by atomic mass is 10.1. The highest BCUT2D eigenvalue weighted by atomic mass is 35.5. The number of carbonyl (C=O) groups excluding carboxylic acids is 1. The van der Waals surface area contributed by atoms with Gasteiger partial charge in [0.1, 0.15) is 12.5 Å². The summed E-state index contributed by atoms with van der Waals surface area (Å²) in [6.07, 6.45) is 0. The number of non-ortho nitro benzene ring substituents is 1. The number of nitro benzene ring substituents is 1. The maximum Gasteiger partial charge on any atom is 0.270 e. The third-order valence-corrected chi connectivity index (χ3v) is 4.28. The number of halogens is 1. The highest BCUT2D eigenvalue weighted by Crippen LogP contribution is 2.27. The minimum atomic E-state index is -0.612. The van der Waals surface area contributed by atoms with Crippen molar-refractivity contribution >= 4 is 28.9 Å². The van der Waals surface area contributed by atoms with Crippen molar-refractivity contribution in [2.24, 2.45) is 0 Å². The van der Waals surface area contributed by atoms with Crippen molar-refractivity contribution in [3.05, 3.63) is 62.7 Å². The molecule has 2 aromatic carbocycles. The van der Waals surface area contributed by atoms with Crippen molar-refractivity contribution in [1.29, 1.82) is 0 Å². The van der Waals surface area contributed by atoms with E-state index in [4.69, 9.17) is 21.4 Å². The van der Waals surface area contributed by atoms with Gasteiger partial charge in [-0.25, -0.2) is 0 Å². The zero-order valence-electron chi connectivity index (χ0n) is 15.1. The smallest absolute Gasteiger partial charge is 0.270 e. The van der Waals surface area contributed by atoms with E-state index < -0.39 is 17.6 Å². The molecule has 2 rings (SSSR count). The van der Waals surface area contributed by atoms with Gasteiger partial charge in [0.05, 0.1) is 34.9 Å². The largest absolute Gasteiger partial charge is 0.495 e. The third kappa shape index (κ3) is 5.10. The number of amides is 1. The molecule has 0 aliphatic heterocycles. The van der Waals surface area contributed by atoms with Crippen molar-refractivity contribution < 1.29 is 24.7 Å². The van der Waals surface area contributed by atoms with E-state index in [1.54, 1.807) is 18.2 Å². The minimum absolute atomic E-state index is 0.0105. The number of carbonyl (C=O) groups is 1. The van der Waals surface area contributed by atoms with Crippen molar-refractivity contribution in [3.63, 3.8) is 0 Å². The maximum atomic E-state index is 12.7. The molecule has 1 amide bonds. The van der Waals surface area contributed by atoms with Crippen LogP contribution in [-0.4, -0.2) is 48.0 Å². The number of anilines is 1. The Hall–Kier alpha value is -2.88. The number of rotatable bonds is 9. The summed E-state index contributed by atoms with van der Waals surface area (Å²) in [6.45, 7) is -0.540. The van der Waals surface area contributed by atoms with Gasteiger partial charge in [-0.3, -0.25) is 14.9 Å². The molecule has 150 valence electrons. The van der Waals surface area contributed by atoms with Crippen molar-refractivity contribution in [2.45, 2.75) is 6.54 Å². The molecular weight excluding hydrogens is 390 g/mol. The number of benzene rings is 2. The highest BCUT2D eigenvalue weighted by Gasteiger charge is 2.20. The molecule has 0 bridgehead atoms. The van der Waals surface area contributed by atoms with Gasteiger partial charge in [-0.1, -0.05) is 17.7 Å². The van der Waals surface area contributed by atoms with E-state index >= 15 is 0 Å². The van der Waals surface area contributed by atoms with E-state index in [9.17, 15) is 20.0 Å². The molecule has 0 heterocycles. The lowest BCUT2D eigenvalue weighted by Crippen LogP contribution is -2.31. The highest BCUT2D eigenvalue weighted by molar-refractivity contribution is 6.32. The molecule has 0 saturated carbocycles. The number of hydrogen-bond donors (Lipinski definition) is 3. The van der Waals surface area contributed by atoms with Crippen molar-refractivity contribution in [3.8, 4) is 5.75 Å². The lowest BCUT2D eigenvalue weighted by Gasteiger charge is -2.23. The SMILES string of the molecule is COc1ccc(CNC(=O)c2cc([N+](=O)[O-])ccc2N(CO)CCO)cc1Cl. The number of nitrogens with one attached hydrogen (secondary N) is 1. The predicted molar refractivity (Wildman–Crippen MR) is 104 cm³/mol. The molecule has 10 heteroatoms. The molecule has 0 aliphatic rings. The summed E-state index contributed by atoms with van der Waals surface area (Å²) in [5.74, 6) is -0.0673. The Morgan fingerprint density at radius 1 is 1.29 bits per heavy atom. The van der Waals surface area contributed by atoms with Gasteiger partial charge in [-0.05, 0) is 23.8 Å². The van der Waals surface area contributed by atoms with Crippen LogP contribution >= 0.6 is 11.6 Å². The van der Waals surface area contributed by atoms with Crippen LogP contribution in [0, 0.1) is 10.1 Å². The van der Waals surface area contributed by atoms with E-state index in [2.05, 4.69) is 5.32 Å². The van der Waals surface area contributed by atoms with Crippen LogP contribution in [-0.2, 0) is 6.54 Å². The Bertz CT molecular complexity index is 861. The van der Waals surface area contributed by atoms with Crippen LogP contribution in [0.4, 0.5) is 11.4 Å². The van der Waals surface area contributed by atoms with Gasteiger partial charge in [0.15, 0.2) is 0 Å². The minimum Gasteiger partial charge on any atom is -0.495 e. The zero-order valence-corrected chi connectivity index (χ0v) is 15.8. The molecule has 0 aromatic heterocycles. The quantitative estimate of drug-likeness (QED) is 0.328. The zero-order chi connectivity index (χ0) is 20.7. The fourth-order valence-corrected chi connectivity index (χ4v) is 2.86. The topological polar surface area (TPSA) is 125 Å². The van der Waals surface area contributed by atoms with Gasteiger partial charge in [-0.15, -0.1) is 0 Å². The van der Waals surface area contributed by atoms with E-state index in [0.717, 1.165) is 6.07 Å². The first kappa shape index (κ1) is 21.4. The molecule has 2 aromatic rings. The van der Waals surface area contributed by atoms with E-state index in [-0.39, 0.29) is 36.6 Å². The molecule has 0 saturated heterocycles. The average molecular weight is 410 g/mol. The molecule has 0 spiro atoms. The van der Waals surface area contributed by atoms with Crippen LogP contribution in [0.3, 0.4) is 0 Å². The summed E-state index contributed by atoms with van der Waals surface area (Å²) in [6, 6.07) is 8.76. The molecular formula is C18H20ClN3O6. The molecule has 0 atom stereocenters. The van der Waals surface area contributed by atoms with Crippen LogP contribution in [0.5, 0.6) is 5.75 Å². The van der Waals surface area contributed by atoms with Crippen LogP contribution in [0.2, 0.25) is 5.02 Å². The Balaban J connectivity index is 2.27. The molecule has 0 radical (unpaired) electrons. The second-order valence-corrected chi connectivity index (χ2v) is 6.15. The summed E-state index contributed by atoms with van der Waals surface area (Å²) >= 11 is 6.07. The van der Waals surface area contributed by atoms with Crippen molar-refractivity contribution in [2.75, 3.05) is 31.9 Å². The Kier molecular flexibility index (Phi) is 7.56. The molecule has 28 heavy (non-hydrogen) atoms. The molecule has 0 fully saturated rings. The van der Waals surface area contributed by atoms with Gasteiger partial charge < -0.3 is 25.2 Å². The van der Waals surface area contributed by atoms with Crippen LogP contribution in [0.15, 0.2) is 36.4 Å². The van der Waals surface area contributed by atoms with Gasteiger partial charge in [0.25, 0.3) is 11.6 Å². The summed E-state index contributed by atoms with van der Waals surface area (Å²) < 4.78 is 5.08. The Labute approximate surface area is 166 Å². The van der Waals surface area contributed by atoms with Gasteiger partial charge >= 0.3 is 0 Å². The maximum absolute atomic E-state index is 12.7. The Morgan fingerprint density at radius 3 is 2.61 bits per heavy atom. The monoisotopic (exact) mass is 409 g/mol. The van der Waals surface area contributed by atoms with Gasteiger partial charge in [-0.2, -0.15) is 0 Å². The first-order valence-corrected chi connectivity index (χ1v) is 8.64. The van der Waals surface area contributed by atoms with Gasteiger partial charge in [0, 0.05) is 25.2 Å². The summed E-state index contributed by atoms with van der Waals surface area (Å²) in [4.78, 5) is 24.5. The van der Waals surface area contributed by atoms with Crippen LogP contribution in [0.25, 0.3) is 0 Å².